The highest BCUT2D eigenvalue weighted by Gasteiger charge is 2.08. The molecule has 0 aliphatic rings. The van der Waals surface area contributed by atoms with Gasteiger partial charge in [-0.1, -0.05) is 19.9 Å². The normalized spacial score (nSPS) is 11.6. The van der Waals surface area contributed by atoms with Crippen LogP contribution in [-0.2, 0) is 20.5 Å². The van der Waals surface area contributed by atoms with Crippen molar-refractivity contribution in [3.05, 3.63) is 34.2 Å². The summed E-state index contributed by atoms with van der Waals surface area (Å²) in [6.45, 7) is 4.41. The molecule has 3 nitrogen and oxygen atoms in total. The maximum absolute atomic E-state index is 11.7. The van der Waals surface area contributed by atoms with Gasteiger partial charge in [-0.05, 0) is 30.0 Å². The summed E-state index contributed by atoms with van der Waals surface area (Å²) in [6.07, 6.45) is 1.05. The predicted octanol–water partition coefficient (Wildman–Crippen LogP) is 2.08. The van der Waals surface area contributed by atoms with Crippen molar-refractivity contribution >= 4 is 11.0 Å². The van der Waals surface area contributed by atoms with Crippen molar-refractivity contribution in [2.24, 2.45) is 20.0 Å². The summed E-state index contributed by atoms with van der Waals surface area (Å²) in [7, 11) is 3.64. The summed E-state index contributed by atoms with van der Waals surface area (Å²) >= 11 is 0. The molecule has 0 radical (unpaired) electrons. The van der Waals surface area contributed by atoms with E-state index in [-0.39, 0.29) is 5.69 Å². The topological polar surface area (TPSA) is 26.9 Å². The smallest absolute Gasteiger partial charge is 0.295 e. The van der Waals surface area contributed by atoms with E-state index < -0.39 is 0 Å². The van der Waals surface area contributed by atoms with Gasteiger partial charge in [-0.15, -0.1) is 0 Å². The Bertz CT molecular complexity index is 575. The van der Waals surface area contributed by atoms with Crippen LogP contribution in [0.3, 0.4) is 0 Å². The first kappa shape index (κ1) is 11.0. The summed E-state index contributed by atoms with van der Waals surface area (Å²) in [6, 6.07) is 6.27. The Balaban J connectivity index is 2.62. The second-order valence-electron chi connectivity index (χ2n) is 4.82. The molecule has 0 fully saturated rings. The lowest BCUT2D eigenvalue weighted by atomic mass is 10.0. The Morgan fingerprint density at radius 3 is 2.38 bits per heavy atom. The molecule has 1 aromatic carbocycles. The maximum atomic E-state index is 11.7. The minimum atomic E-state index is 0.0386. The molecule has 0 amide bonds. The fraction of sp³-hybridized carbons (Fsp3) is 0.462. The summed E-state index contributed by atoms with van der Waals surface area (Å²) in [5.41, 5.74) is 3.35. The molecule has 1 aromatic heterocycles. The van der Waals surface area contributed by atoms with Crippen molar-refractivity contribution in [3.8, 4) is 0 Å². The monoisotopic (exact) mass is 218 g/mol. The van der Waals surface area contributed by atoms with Gasteiger partial charge >= 0.3 is 5.69 Å². The molecule has 0 atom stereocenters. The van der Waals surface area contributed by atoms with Gasteiger partial charge in [-0.3, -0.25) is 9.13 Å². The third kappa shape index (κ3) is 1.66. The predicted molar refractivity (Wildman–Crippen MR) is 66.7 cm³/mol. The number of benzene rings is 1. The average Bonchev–Trinajstić information content (AvgIpc) is 2.43. The van der Waals surface area contributed by atoms with Gasteiger partial charge in [-0.2, -0.15) is 0 Å². The SMILES string of the molecule is CC(C)Cc1ccc2c(c1)n(C)c(=O)n2C. The van der Waals surface area contributed by atoms with Gasteiger partial charge in [0.05, 0.1) is 11.0 Å². The van der Waals surface area contributed by atoms with E-state index in [1.54, 1.807) is 9.13 Å². The van der Waals surface area contributed by atoms with E-state index in [0.717, 1.165) is 17.5 Å². The van der Waals surface area contributed by atoms with Crippen molar-refractivity contribution in [1.82, 2.24) is 9.13 Å². The van der Waals surface area contributed by atoms with Crippen molar-refractivity contribution in [2.75, 3.05) is 0 Å². The Labute approximate surface area is 95.3 Å². The molecular weight excluding hydrogens is 200 g/mol. The molecule has 1 heterocycles. The first-order valence-electron chi connectivity index (χ1n) is 5.65. The van der Waals surface area contributed by atoms with E-state index in [0.29, 0.717) is 5.92 Å². The van der Waals surface area contributed by atoms with E-state index in [9.17, 15) is 4.79 Å². The third-order valence-corrected chi connectivity index (χ3v) is 2.98. The van der Waals surface area contributed by atoms with Crippen molar-refractivity contribution in [2.45, 2.75) is 20.3 Å². The van der Waals surface area contributed by atoms with Crippen molar-refractivity contribution in [1.29, 1.82) is 0 Å². The molecule has 2 rings (SSSR count). The first-order chi connectivity index (χ1) is 7.50. The van der Waals surface area contributed by atoms with Gasteiger partial charge in [0.15, 0.2) is 0 Å². The van der Waals surface area contributed by atoms with E-state index in [1.165, 1.54) is 5.56 Å². The van der Waals surface area contributed by atoms with Gasteiger partial charge < -0.3 is 0 Å². The number of hydrogen-bond donors (Lipinski definition) is 0. The second-order valence-corrected chi connectivity index (χ2v) is 4.82. The molecular formula is C13H18N2O. The maximum Gasteiger partial charge on any atom is 0.328 e. The van der Waals surface area contributed by atoms with Crippen LogP contribution in [0.25, 0.3) is 11.0 Å². The van der Waals surface area contributed by atoms with E-state index in [1.807, 2.05) is 20.2 Å². The molecule has 0 aliphatic carbocycles. The quantitative estimate of drug-likeness (QED) is 0.758. The Kier molecular flexibility index (Phi) is 2.62. The molecule has 86 valence electrons. The highest BCUT2D eigenvalue weighted by Crippen LogP contribution is 2.16. The number of nitrogens with zero attached hydrogens (tertiary/aromatic N) is 2. The number of aromatic nitrogens is 2. The standard InChI is InChI=1S/C13H18N2O/c1-9(2)7-10-5-6-11-12(8-10)15(4)13(16)14(11)3/h5-6,8-9H,7H2,1-4H3. The van der Waals surface area contributed by atoms with Crippen LogP contribution in [-0.4, -0.2) is 9.13 Å². The van der Waals surface area contributed by atoms with Crippen LogP contribution in [0, 0.1) is 5.92 Å². The minimum absolute atomic E-state index is 0.0386. The van der Waals surface area contributed by atoms with Gasteiger partial charge in [0.1, 0.15) is 0 Å². The van der Waals surface area contributed by atoms with Gasteiger partial charge in [0, 0.05) is 14.1 Å². The van der Waals surface area contributed by atoms with Gasteiger partial charge in [0.2, 0.25) is 0 Å². The Morgan fingerprint density at radius 2 is 1.75 bits per heavy atom. The number of aryl methyl sites for hydroxylation is 2. The average molecular weight is 218 g/mol. The molecule has 0 N–H and O–H groups in total. The molecule has 16 heavy (non-hydrogen) atoms. The Morgan fingerprint density at radius 1 is 1.12 bits per heavy atom. The molecule has 0 saturated heterocycles. The third-order valence-electron chi connectivity index (χ3n) is 2.98. The summed E-state index contributed by atoms with van der Waals surface area (Å²) in [5, 5.41) is 0. The number of hydrogen-bond acceptors (Lipinski definition) is 1. The number of rotatable bonds is 2. The lowest BCUT2D eigenvalue weighted by Crippen LogP contribution is -2.19. The van der Waals surface area contributed by atoms with Crippen LogP contribution in [0.4, 0.5) is 0 Å². The largest absolute Gasteiger partial charge is 0.328 e. The van der Waals surface area contributed by atoms with Gasteiger partial charge in [0.25, 0.3) is 0 Å². The van der Waals surface area contributed by atoms with Gasteiger partial charge in [-0.25, -0.2) is 4.79 Å². The fourth-order valence-electron chi connectivity index (χ4n) is 2.15. The molecule has 0 saturated carbocycles. The lowest BCUT2D eigenvalue weighted by molar-refractivity contribution is 0.647. The fourth-order valence-corrected chi connectivity index (χ4v) is 2.15. The highest BCUT2D eigenvalue weighted by atomic mass is 16.1. The summed E-state index contributed by atoms with van der Waals surface area (Å²) in [4.78, 5) is 11.7. The molecule has 0 aliphatic heterocycles. The van der Waals surface area contributed by atoms with E-state index in [4.69, 9.17) is 0 Å². The zero-order chi connectivity index (χ0) is 11.9. The molecule has 2 aromatic rings. The van der Waals surface area contributed by atoms with Crippen LogP contribution in [0.2, 0.25) is 0 Å². The van der Waals surface area contributed by atoms with Crippen molar-refractivity contribution < 1.29 is 0 Å². The lowest BCUT2D eigenvalue weighted by Gasteiger charge is -2.05. The molecule has 0 bridgehead atoms. The van der Waals surface area contributed by atoms with Crippen molar-refractivity contribution in [3.63, 3.8) is 0 Å². The minimum Gasteiger partial charge on any atom is -0.295 e. The van der Waals surface area contributed by atoms with Crippen LogP contribution >= 0.6 is 0 Å². The zero-order valence-corrected chi connectivity index (χ0v) is 10.3. The number of imidazole rings is 1. The highest BCUT2D eigenvalue weighted by molar-refractivity contribution is 5.76. The van der Waals surface area contributed by atoms with Crippen LogP contribution in [0.1, 0.15) is 19.4 Å². The number of fused-ring (bicyclic) bond motifs is 1. The summed E-state index contributed by atoms with van der Waals surface area (Å²) in [5.74, 6) is 0.637. The van der Waals surface area contributed by atoms with Crippen LogP contribution in [0.15, 0.2) is 23.0 Å². The molecule has 3 heteroatoms. The molecule has 0 unspecified atom stereocenters. The summed E-state index contributed by atoms with van der Waals surface area (Å²) < 4.78 is 3.40. The van der Waals surface area contributed by atoms with E-state index >= 15 is 0 Å². The van der Waals surface area contributed by atoms with E-state index in [2.05, 4.69) is 26.0 Å². The Hall–Kier alpha value is -1.51. The van der Waals surface area contributed by atoms with Crippen LogP contribution < -0.4 is 5.69 Å². The zero-order valence-electron chi connectivity index (χ0n) is 10.3. The second kappa shape index (κ2) is 3.81. The first-order valence-corrected chi connectivity index (χ1v) is 5.65. The van der Waals surface area contributed by atoms with Crippen LogP contribution in [0.5, 0.6) is 0 Å². The molecule has 0 spiro atoms.